The fourth-order valence-corrected chi connectivity index (χ4v) is 2.62. The first kappa shape index (κ1) is 23.1. The number of hydrogen-bond donors (Lipinski definition) is 1. The second-order valence-electron chi connectivity index (χ2n) is 5.47. The first-order chi connectivity index (χ1) is 10.6. The van der Waals surface area contributed by atoms with E-state index in [-0.39, 0.29) is 36.5 Å². The lowest BCUT2D eigenvalue weighted by molar-refractivity contribution is -0.137. The minimum atomic E-state index is -0.457. The van der Waals surface area contributed by atoms with Gasteiger partial charge in [-0.1, -0.05) is 12.1 Å². The summed E-state index contributed by atoms with van der Waals surface area (Å²) in [6.45, 7) is 3.88. The number of benzene rings is 1. The lowest BCUT2D eigenvalue weighted by Gasteiger charge is -2.36. The van der Waals surface area contributed by atoms with E-state index in [0.29, 0.717) is 38.4 Å². The molecule has 1 N–H and O–H groups in total. The second-order valence-corrected chi connectivity index (χ2v) is 5.47. The summed E-state index contributed by atoms with van der Waals surface area (Å²) in [5.41, 5.74) is 0.697. The number of morpholine rings is 1. The number of rotatable bonds is 6. The van der Waals surface area contributed by atoms with E-state index in [4.69, 9.17) is 4.74 Å². The van der Waals surface area contributed by atoms with Crippen LogP contribution in [0.15, 0.2) is 24.3 Å². The first-order valence-electron chi connectivity index (χ1n) is 7.60. The third-order valence-electron chi connectivity index (χ3n) is 3.88. The van der Waals surface area contributed by atoms with Crippen molar-refractivity contribution in [3.63, 3.8) is 0 Å². The number of likely N-dealkylation sites (N-methyl/N-ethyl adjacent to an activating group) is 2. The normalized spacial score (nSPS) is 15.8. The molecule has 0 aliphatic carbocycles. The van der Waals surface area contributed by atoms with Crippen LogP contribution in [0.4, 0.5) is 4.39 Å². The molecule has 1 aliphatic rings. The molecule has 0 radical (unpaired) electrons. The molecule has 1 aliphatic heterocycles. The second kappa shape index (κ2) is 11.6. The van der Waals surface area contributed by atoms with Crippen molar-refractivity contribution in [1.29, 1.82) is 0 Å². The van der Waals surface area contributed by atoms with E-state index in [1.807, 2.05) is 13.1 Å². The van der Waals surface area contributed by atoms with Crippen LogP contribution in [-0.2, 0) is 9.53 Å². The van der Waals surface area contributed by atoms with Crippen LogP contribution in [0.25, 0.3) is 0 Å². The molecule has 1 unspecified atom stereocenters. The molecule has 1 aromatic rings. The quantitative estimate of drug-likeness (QED) is 0.814. The molecule has 0 aromatic heterocycles. The highest BCUT2D eigenvalue weighted by molar-refractivity contribution is 5.85. The van der Waals surface area contributed by atoms with Crippen LogP contribution >= 0.6 is 24.8 Å². The van der Waals surface area contributed by atoms with Crippen molar-refractivity contribution in [3.05, 3.63) is 35.6 Å². The minimum absolute atomic E-state index is 0. The maximum absolute atomic E-state index is 13.6. The summed E-state index contributed by atoms with van der Waals surface area (Å²) in [4.78, 5) is 16.6. The van der Waals surface area contributed by atoms with Gasteiger partial charge in [0.15, 0.2) is 0 Å². The van der Waals surface area contributed by atoms with Gasteiger partial charge in [0.2, 0.25) is 5.91 Å². The summed E-state index contributed by atoms with van der Waals surface area (Å²) < 4.78 is 18.9. The van der Waals surface area contributed by atoms with E-state index in [0.717, 1.165) is 6.54 Å². The van der Waals surface area contributed by atoms with Crippen LogP contribution in [0.2, 0.25) is 0 Å². The highest BCUT2D eigenvalue weighted by atomic mass is 35.5. The number of hydrogen-bond acceptors (Lipinski definition) is 4. The van der Waals surface area contributed by atoms with Gasteiger partial charge in [-0.05, 0) is 24.7 Å². The smallest absolute Gasteiger partial charge is 0.244 e. The van der Waals surface area contributed by atoms with E-state index in [9.17, 15) is 9.18 Å². The summed E-state index contributed by atoms with van der Waals surface area (Å²) in [5.74, 6) is -0.329. The zero-order chi connectivity index (χ0) is 15.9. The average molecular weight is 382 g/mol. The van der Waals surface area contributed by atoms with Crippen LogP contribution < -0.4 is 5.32 Å². The van der Waals surface area contributed by atoms with Gasteiger partial charge in [0.25, 0.3) is 0 Å². The van der Waals surface area contributed by atoms with Crippen LogP contribution in [0, 0.1) is 5.82 Å². The van der Waals surface area contributed by atoms with Crippen LogP contribution in [0.5, 0.6) is 0 Å². The van der Waals surface area contributed by atoms with Gasteiger partial charge in [-0.25, -0.2) is 4.39 Å². The standard InChI is InChI=1S/C16H24FN3O2.2ClH/c1-18-6-7-19(2)16(21)15(20-8-10-22-11-9-20)13-4-3-5-14(17)12-13;;/h3-5,12,15,18H,6-11H2,1-2H3;2*1H. The van der Waals surface area contributed by atoms with Crippen LogP contribution in [0.1, 0.15) is 11.6 Å². The topological polar surface area (TPSA) is 44.8 Å². The molecular weight excluding hydrogens is 356 g/mol. The van der Waals surface area contributed by atoms with Crippen molar-refractivity contribution in [1.82, 2.24) is 15.1 Å². The first-order valence-corrected chi connectivity index (χ1v) is 7.60. The molecule has 24 heavy (non-hydrogen) atoms. The largest absolute Gasteiger partial charge is 0.379 e. The Labute approximate surface area is 155 Å². The number of ether oxygens (including phenoxy) is 1. The summed E-state index contributed by atoms with van der Waals surface area (Å²) in [5, 5.41) is 3.03. The molecular formula is C16H26Cl2FN3O2. The monoisotopic (exact) mass is 381 g/mol. The van der Waals surface area contributed by atoms with Gasteiger partial charge >= 0.3 is 0 Å². The van der Waals surface area contributed by atoms with Gasteiger partial charge in [0, 0.05) is 33.2 Å². The molecule has 1 saturated heterocycles. The van der Waals surface area contributed by atoms with Gasteiger partial charge in [-0.2, -0.15) is 0 Å². The SMILES string of the molecule is CNCCN(C)C(=O)C(c1cccc(F)c1)N1CCOCC1.Cl.Cl. The van der Waals surface area contributed by atoms with E-state index < -0.39 is 6.04 Å². The fraction of sp³-hybridized carbons (Fsp3) is 0.562. The average Bonchev–Trinajstić information content (AvgIpc) is 2.54. The minimum Gasteiger partial charge on any atom is -0.379 e. The zero-order valence-corrected chi connectivity index (χ0v) is 15.7. The summed E-state index contributed by atoms with van der Waals surface area (Å²) in [6.07, 6.45) is 0. The predicted molar refractivity (Wildman–Crippen MR) is 97.6 cm³/mol. The predicted octanol–water partition coefficient (Wildman–Crippen LogP) is 1.72. The maximum Gasteiger partial charge on any atom is 0.244 e. The zero-order valence-electron chi connectivity index (χ0n) is 14.0. The maximum atomic E-state index is 13.6. The van der Waals surface area contributed by atoms with Crippen molar-refractivity contribution in [2.75, 3.05) is 53.5 Å². The van der Waals surface area contributed by atoms with E-state index in [2.05, 4.69) is 10.2 Å². The van der Waals surface area contributed by atoms with Crippen molar-refractivity contribution < 1.29 is 13.9 Å². The Kier molecular flexibility index (Phi) is 11.2. The molecule has 8 heteroatoms. The van der Waals surface area contributed by atoms with Crippen molar-refractivity contribution >= 4 is 30.7 Å². The number of halogens is 3. The third kappa shape index (κ3) is 6.18. The summed E-state index contributed by atoms with van der Waals surface area (Å²) in [6, 6.07) is 5.85. The Morgan fingerprint density at radius 3 is 2.62 bits per heavy atom. The van der Waals surface area contributed by atoms with E-state index in [1.54, 1.807) is 18.0 Å². The van der Waals surface area contributed by atoms with Gasteiger partial charge in [-0.3, -0.25) is 9.69 Å². The Balaban J connectivity index is 0.00000264. The van der Waals surface area contributed by atoms with Crippen molar-refractivity contribution in [2.45, 2.75) is 6.04 Å². The lowest BCUT2D eigenvalue weighted by Crippen LogP contribution is -2.47. The molecule has 1 fully saturated rings. The molecule has 1 atom stereocenters. The van der Waals surface area contributed by atoms with Gasteiger partial charge in [-0.15, -0.1) is 24.8 Å². The Morgan fingerprint density at radius 2 is 2.04 bits per heavy atom. The Bertz CT molecular complexity index is 502. The molecule has 0 saturated carbocycles. The fourth-order valence-electron chi connectivity index (χ4n) is 2.62. The number of carbonyl (C=O) groups is 1. The van der Waals surface area contributed by atoms with Crippen molar-refractivity contribution in [3.8, 4) is 0 Å². The summed E-state index contributed by atoms with van der Waals surface area (Å²) >= 11 is 0. The van der Waals surface area contributed by atoms with Gasteiger partial charge in [0.1, 0.15) is 11.9 Å². The third-order valence-corrected chi connectivity index (χ3v) is 3.88. The van der Waals surface area contributed by atoms with Gasteiger partial charge in [0.05, 0.1) is 13.2 Å². The summed E-state index contributed by atoms with van der Waals surface area (Å²) in [7, 11) is 3.64. The highest BCUT2D eigenvalue weighted by Gasteiger charge is 2.31. The van der Waals surface area contributed by atoms with E-state index in [1.165, 1.54) is 12.1 Å². The van der Waals surface area contributed by atoms with Crippen LogP contribution in [-0.4, -0.2) is 69.2 Å². The number of amides is 1. The Morgan fingerprint density at radius 1 is 1.38 bits per heavy atom. The van der Waals surface area contributed by atoms with Crippen molar-refractivity contribution in [2.24, 2.45) is 0 Å². The highest BCUT2D eigenvalue weighted by Crippen LogP contribution is 2.24. The van der Waals surface area contributed by atoms with Crippen LogP contribution in [0.3, 0.4) is 0 Å². The molecule has 2 rings (SSSR count). The molecule has 0 bridgehead atoms. The molecule has 1 aromatic carbocycles. The molecule has 0 spiro atoms. The number of nitrogens with one attached hydrogen (secondary N) is 1. The lowest BCUT2D eigenvalue weighted by atomic mass is 10.0. The number of nitrogens with zero attached hydrogens (tertiary/aromatic N) is 2. The van der Waals surface area contributed by atoms with E-state index >= 15 is 0 Å². The number of carbonyl (C=O) groups excluding carboxylic acids is 1. The Hall–Kier alpha value is -0.920. The molecule has 5 nitrogen and oxygen atoms in total. The molecule has 1 heterocycles. The molecule has 1 amide bonds. The van der Waals surface area contributed by atoms with Gasteiger partial charge < -0.3 is 15.0 Å². The molecule has 138 valence electrons.